The highest BCUT2D eigenvalue weighted by atomic mass is 32.1. The molecule has 6 heteroatoms. The Hall–Kier alpha value is -1.92. The summed E-state index contributed by atoms with van der Waals surface area (Å²) < 4.78 is 1.13. The molecule has 0 saturated carbocycles. The summed E-state index contributed by atoms with van der Waals surface area (Å²) in [5.74, 6) is 3.19. The molecule has 1 aromatic carbocycles. The largest absolute Gasteiger partial charge is 0.323 e. The third kappa shape index (κ3) is 2.02. The number of amides is 2. The number of hydrogen-bond donors (Lipinski definition) is 3. The Morgan fingerprint density at radius 2 is 2.00 bits per heavy atom. The average molecular weight is 235 g/mol. The van der Waals surface area contributed by atoms with Crippen molar-refractivity contribution in [2.45, 2.75) is 0 Å². The topological polar surface area (TPSA) is 84.2 Å². The maximum Gasteiger partial charge on any atom is 0.323 e. The first-order chi connectivity index (χ1) is 7.70. The molecule has 5 nitrogen and oxygen atoms in total. The van der Waals surface area contributed by atoms with Gasteiger partial charge in [0.2, 0.25) is 0 Å². The van der Waals surface area contributed by atoms with Crippen molar-refractivity contribution in [3.63, 3.8) is 0 Å². The fraction of sp³-hybridized carbons (Fsp3) is 0. The molecule has 1 heterocycles. The summed E-state index contributed by atoms with van der Waals surface area (Å²) in [7, 11) is 0. The molecule has 2 rings (SSSR count). The molecule has 0 unspecified atom stereocenters. The Morgan fingerprint density at radius 3 is 2.75 bits per heavy atom. The van der Waals surface area contributed by atoms with Gasteiger partial charge in [0.1, 0.15) is 0 Å². The number of carbonyl (C=O) groups excluding carboxylic acids is 2. The van der Waals surface area contributed by atoms with E-state index in [0.717, 1.165) is 10.1 Å². The van der Waals surface area contributed by atoms with Gasteiger partial charge in [-0.25, -0.2) is 5.84 Å². The van der Waals surface area contributed by atoms with Crippen molar-refractivity contribution in [1.29, 1.82) is 0 Å². The molecule has 2 aromatic rings. The molecule has 0 aliphatic rings. The Balaban J connectivity index is 2.21. The van der Waals surface area contributed by atoms with Gasteiger partial charge in [0.15, 0.2) is 0 Å². The molecule has 0 radical (unpaired) electrons. The summed E-state index contributed by atoms with van der Waals surface area (Å²) in [6.45, 7) is 0. The molecule has 16 heavy (non-hydrogen) atoms. The number of nitrogens with two attached hydrogens (primary N) is 1. The van der Waals surface area contributed by atoms with Gasteiger partial charge in [0, 0.05) is 10.4 Å². The van der Waals surface area contributed by atoms with Crippen LogP contribution in [0.15, 0.2) is 29.6 Å². The Bertz CT molecular complexity index is 550. The molecule has 0 aliphatic carbocycles. The normalized spacial score (nSPS) is 10.1. The van der Waals surface area contributed by atoms with Crippen molar-refractivity contribution >= 4 is 38.9 Å². The molecule has 0 atom stereocenters. The fourth-order valence-corrected chi connectivity index (χ4v) is 2.07. The highest BCUT2D eigenvalue weighted by Gasteiger charge is 2.11. The van der Waals surface area contributed by atoms with Crippen molar-refractivity contribution in [3.8, 4) is 0 Å². The van der Waals surface area contributed by atoms with Gasteiger partial charge >= 0.3 is 11.8 Å². The number of carbonyl (C=O) groups is 2. The van der Waals surface area contributed by atoms with Crippen LogP contribution in [0.2, 0.25) is 0 Å². The van der Waals surface area contributed by atoms with E-state index in [0.29, 0.717) is 5.69 Å². The molecule has 0 aliphatic heterocycles. The third-order valence-electron chi connectivity index (χ3n) is 2.05. The smallest absolute Gasteiger partial charge is 0.318 e. The SMILES string of the molecule is NNC(=O)C(=O)Nc1ccc2sccc2c1. The molecule has 0 spiro atoms. The van der Waals surface area contributed by atoms with E-state index in [4.69, 9.17) is 5.84 Å². The Morgan fingerprint density at radius 1 is 1.19 bits per heavy atom. The molecule has 0 bridgehead atoms. The average Bonchev–Trinajstić information content (AvgIpc) is 2.75. The van der Waals surface area contributed by atoms with E-state index in [9.17, 15) is 9.59 Å². The van der Waals surface area contributed by atoms with E-state index in [1.807, 2.05) is 17.5 Å². The minimum atomic E-state index is -0.870. The Kier molecular flexibility index (Phi) is 2.84. The van der Waals surface area contributed by atoms with Gasteiger partial charge in [-0.3, -0.25) is 15.0 Å². The van der Waals surface area contributed by atoms with Crippen LogP contribution in [-0.4, -0.2) is 11.8 Å². The van der Waals surface area contributed by atoms with Crippen LogP contribution in [0.1, 0.15) is 0 Å². The van der Waals surface area contributed by atoms with E-state index in [1.165, 1.54) is 0 Å². The lowest BCUT2D eigenvalue weighted by Crippen LogP contribution is -2.39. The molecule has 82 valence electrons. The number of anilines is 1. The van der Waals surface area contributed by atoms with Crippen molar-refractivity contribution in [2.75, 3.05) is 5.32 Å². The second-order valence-corrected chi connectivity index (χ2v) is 4.05. The van der Waals surface area contributed by atoms with E-state index in [2.05, 4.69) is 5.32 Å². The molecule has 4 N–H and O–H groups in total. The third-order valence-corrected chi connectivity index (χ3v) is 2.95. The number of hydrogen-bond acceptors (Lipinski definition) is 4. The number of rotatable bonds is 1. The lowest BCUT2D eigenvalue weighted by atomic mass is 10.2. The van der Waals surface area contributed by atoms with Crippen LogP contribution in [0.5, 0.6) is 0 Å². The van der Waals surface area contributed by atoms with Crippen LogP contribution in [0.25, 0.3) is 10.1 Å². The van der Waals surface area contributed by atoms with Gasteiger partial charge < -0.3 is 5.32 Å². The van der Waals surface area contributed by atoms with Gasteiger partial charge in [0.25, 0.3) is 0 Å². The van der Waals surface area contributed by atoms with Gasteiger partial charge in [-0.2, -0.15) is 0 Å². The number of benzene rings is 1. The van der Waals surface area contributed by atoms with E-state index in [1.54, 1.807) is 28.9 Å². The summed E-state index contributed by atoms with van der Waals surface area (Å²) in [5, 5.41) is 5.43. The number of nitrogens with one attached hydrogen (secondary N) is 2. The molecule has 1 aromatic heterocycles. The fourth-order valence-electron chi connectivity index (χ4n) is 1.30. The predicted octanol–water partition coefficient (Wildman–Crippen LogP) is 0.830. The van der Waals surface area contributed by atoms with Gasteiger partial charge in [-0.1, -0.05) is 0 Å². The van der Waals surface area contributed by atoms with E-state index < -0.39 is 11.8 Å². The zero-order valence-corrected chi connectivity index (χ0v) is 9.01. The van der Waals surface area contributed by atoms with Crippen LogP contribution >= 0.6 is 11.3 Å². The van der Waals surface area contributed by atoms with Crippen molar-refractivity contribution in [3.05, 3.63) is 29.6 Å². The number of hydrazine groups is 1. The predicted molar refractivity (Wildman–Crippen MR) is 62.8 cm³/mol. The van der Waals surface area contributed by atoms with Crippen molar-refractivity contribution in [1.82, 2.24) is 5.43 Å². The van der Waals surface area contributed by atoms with Gasteiger partial charge in [-0.15, -0.1) is 11.3 Å². The van der Waals surface area contributed by atoms with E-state index >= 15 is 0 Å². The maximum atomic E-state index is 11.2. The van der Waals surface area contributed by atoms with Crippen LogP contribution in [0.4, 0.5) is 5.69 Å². The van der Waals surface area contributed by atoms with Crippen LogP contribution in [0, 0.1) is 0 Å². The van der Waals surface area contributed by atoms with Crippen LogP contribution < -0.4 is 16.6 Å². The monoisotopic (exact) mass is 235 g/mol. The van der Waals surface area contributed by atoms with Crippen molar-refractivity contribution < 1.29 is 9.59 Å². The quantitative estimate of drug-likeness (QED) is 0.296. The zero-order chi connectivity index (χ0) is 11.5. The molecule has 2 amide bonds. The van der Waals surface area contributed by atoms with Crippen molar-refractivity contribution in [2.24, 2.45) is 5.84 Å². The number of thiophene rings is 1. The first-order valence-electron chi connectivity index (χ1n) is 4.50. The summed E-state index contributed by atoms with van der Waals surface area (Å²) >= 11 is 1.61. The Labute approximate surface area is 95.2 Å². The maximum absolute atomic E-state index is 11.2. The highest BCUT2D eigenvalue weighted by Crippen LogP contribution is 2.23. The second-order valence-electron chi connectivity index (χ2n) is 3.10. The van der Waals surface area contributed by atoms with Gasteiger partial charge in [-0.05, 0) is 35.0 Å². The number of fused-ring (bicyclic) bond motifs is 1. The lowest BCUT2D eigenvalue weighted by molar-refractivity contribution is -0.136. The highest BCUT2D eigenvalue weighted by molar-refractivity contribution is 7.17. The van der Waals surface area contributed by atoms with Gasteiger partial charge in [0.05, 0.1) is 0 Å². The standard InChI is InChI=1S/C10H9N3O2S/c11-13-10(15)9(14)12-7-1-2-8-6(5-7)3-4-16-8/h1-5H,11H2,(H,12,14)(H,13,15). The summed E-state index contributed by atoms with van der Waals surface area (Å²) in [5.41, 5.74) is 2.34. The summed E-state index contributed by atoms with van der Waals surface area (Å²) in [4.78, 5) is 22.1. The first kappa shape index (κ1) is 10.6. The molecular formula is C10H9N3O2S. The lowest BCUT2D eigenvalue weighted by Gasteiger charge is -2.03. The van der Waals surface area contributed by atoms with E-state index in [-0.39, 0.29) is 0 Å². The summed E-state index contributed by atoms with van der Waals surface area (Å²) in [6, 6.07) is 7.36. The second kappa shape index (κ2) is 4.30. The zero-order valence-electron chi connectivity index (χ0n) is 8.19. The minimum Gasteiger partial charge on any atom is -0.318 e. The molecule has 0 saturated heterocycles. The molecule has 0 fully saturated rings. The minimum absolute atomic E-state index is 0.569. The first-order valence-corrected chi connectivity index (χ1v) is 5.38. The summed E-state index contributed by atoms with van der Waals surface area (Å²) in [6.07, 6.45) is 0. The molecular weight excluding hydrogens is 226 g/mol. The van der Waals surface area contributed by atoms with Crippen LogP contribution in [-0.2, 0) is 9.59 Å². The van der Waals surface area contributed by atoms with Crippen LogP contribution in [0.3, 0.4) is 0 Å².